The van der Waals surface area contributed by atoms with E-state index in [0.29, 0.717) is 24.4 Å². The Kier molecular flexibility index (Phi) is 4.70. The number of amides is 3. The fraction of sp³-hybridized carbons (Fsp3) is 0.450. The van der Waals surface area contributed by atoms with Gasteiger partial charge in [0.2, 0.25) is 11.8 Å². The van der Waals surface area contributed by atoms with E-state index in [-0.39, 0.29) is 18.2 Å². The summed E-state index contributed by atoms with van der Waals surface area (Å²) in [6.07, 6.45) is 4.57. The highest BCUT2D eigenvalue weighted by Crippen LogP contribution is 2.29. The van der Waals surface area contributed by atoms with Crippen LogP contribution < -0.4 is 5.32 Å². The van der Waals surface area contributed by atoms with Crippen LogP contribution >= 0.6 is 0 Å². The van der Waals surface area contributed by atoms with Crippen molar-refractivity contribution in [2.75, 3.05) is 0 Å². The van der Waals surface area contributed by atoms with Crippen LogP contribution in [0.3, 0.4) is 0 Å². The minimum atomic E-state index is -0.603. The maximum absolute atomic E-state index is 12.8. The number of rotatable bonds is 5. The molecule has 4 rings (SSSR count). The maximum atomic E-state index is 12.8. The lowest BCUT2D eigenvalue weighted by atomic mass is 10.0. The number of fused-ring (bicyclic) bond motifs is 1. The van der Waals surface area contributed by atoms with Gasteiger partial charge in [-0.15, -0.1) is 5.10 Å². The van der Waals surface area contributed by atoms with Crippen molar-refractivity contribution in [2.24, 2.45) is 0 Å². The highest BCUT2D eigenvalue weighted by Gasteiger charge is 2.39. The highest BCUT2D eigenvalue weighted by molar-refractivity contribution is 6.05. The molecule has 8 heteroatoms. The smallest absolute Gasteiger partial charge is 0.255 e. The van der Waals surface area contributed by atoms with Crippen LogP contribution in [-0.4, -0.2) is 43.7 Å². The molecule has 28 heavy (non-hydrogen) atoms. The Balaban J connectivity index is 1.57. The predicted molar refractivity (Wildman–Crippen MR) is 101 cm³/mol. The first kappa shape index (κ1) is 18.3. The van der Waals surface area contributed by atoms with Gasteiger partial charge in [0.05, 0.1) is 17.6 Å². The Morgan fingerprint density at radius 2 is 2.00 bits per heavy atom. The number of carbonyl (C=O) groups excluding carboxylic acids is 3. The minimum Gasteiger partial charge on any atom is -0.322 e. The van der Waals surface area contributed by atoms with E-state index >= 15 is 0 Å². The van der Waals surface area contributed by atoms with Crippen LogP contribution in [0.1, 0.15) is 67.1 Å². The number of aromatic nitrogens is 3. The van der Waals surface area contributed by atoms with Crippen LogP contribution in [0.25, 0.3) is 5.69 Å². The monoisotopic (exact) mass is 381 g/mol. The van der Waals surface area contributed by atoms with Crippen molar-refractivity contribution >= 4 is 17.7 Å². The summed E-state index contributed by atoms with van der Waals surface area (Å²) in [7, 11) is 0. The van der Waals surface area contributed by atoms with Gasteiger partial charge in [-0.1, -0.05) is 19.1 Å². The molecule has 1 aromatic heterocycles. The van der Waals surface area contributed by atoms with E-state index < -0.39 is 11.9 Å². The van der Waals surface area contributed by atoms with Crippen molar-refractivity contribution in [2.45, 2.75) is 58.0 Å². The van der Waals surface area contributed by atoms with Crippen molar-refractivity contribution < 1.29 is 14.4 Å². The zero-order chi connectivity index (χ0) is 19.8. The molecule has 1 N–H and O–H groups in total. The number of benzene rings is 1. The van der Waals surface area contributed by atoms with Gasteiger partial charge in [0.15, 0.2) is 0 Å². The number of hydrogen-bond acceptors (Lipinski definition) is 5. The van der Waals surface area contributed by atoms with Gasteiger partial charge in [-0.2, -0.15) is 0 Å². The van der Waals surface area contributed by atoms with Gasteiger partial charge < -0.3 is 4.90 Å². The Hall–Kier alpha value is -3.03. The number of carbonyl (C=O) groups is 3. The molecule has 1 aromatic carbocycles. The molecule has 0 aliphatic carbocycles. The lowest BCUT2D eigenvalue weighted by Crippen LogP contribution is -2.52. The zero-order valence-corrected chi connectivity index (χ0v) is 16.0. The van der Waals surface area contributed by atoms with Gasteiger partial charge in [-0.3, -0.25) is 19.7 Å². The summed E-state index contributed by atoms with van der Waals surface area (Å²) < 4.78 is 1.73. The average molecular weight is 381 g/mol. The van der Waals surface area contributed by atoms with Crippen LogP contribution in [0.5, 0.6) is 0 Å². The van der Waals surface area contributed by atoms with E-state index in [9.17, 15) is 14.4 Å². The van der Waals surface area contributed by atoms with Crippen LogP contribution in [-0.2, 0) is 16.1 Å². The molecule has 1 unspecified atom stereocenters. The van der Waals surface area contributed by atoms with E-state index in [2.05, 4.69) is 29.5 Å². The third-order valence-electron chi connectivity index (χ3n) is 5.69. The average Bonchev–Trinajstić information content (AvgIpc) is 3.28. The van der Waals surface area contributed by atoms with Crippen molar-refractivity contribution in [3.63, 3.8) is 0 Å². The Morgan fingerprint density at radius 3 is 2.71 bits per heavy atom. The minimum absolute atomic E-state index is 0.174. The lowest BCUT2D eigenvalue weighted by molar-refractivity contribution is -0.136. The number of imide groups is 1. The summed E-state index contributed by atoms with van der Waals surface area (Å²) in [6, 6.07) is 4.94. The second-order valence-corrected chi connectivity index (χ2v) is 7.34. The fourth-order valence-corrected chi connectivity index (χ4v) is 4.00. The molecule has 2 aromatic rings. The van der Waals surface area contributed by atoms with Gasteiger partial charge in [-0.05, 0) is 43.0 Å². The van der Waals surface area contributed by atoms with Crippen LogP contribution in [0.15, 0.2) is 24.4 Å². The van der Waals surface area contributed by atoms with Crippen molar-refractivity contribution in [3.05, 3.63) is 41.2 Å². The summed E-state index contributed by atoms with van der Waals surface area (Å²) in [5.41, 5.74) is 3.24. The molecule has 146 valence electrons. The molecule has 2 aliphatic rings. The maximum Gasteiger partial charge on any atom is 0.255 e. The second kappa shape index (κ2) is 7.18. The molecular weight excluding hydrogens is 358 g/mol. The van der Waals surface area contributed by atoms with Crippen LogP contribution in [0.4, 0.5) is 0 Å². The summed E-state index contributed by atoms with van der Waals surface area (Å²) in [6.45, 7) is 4.62. The third-order valence-corrected chi connectivity index (χ3v) is 5.69. The summed E-state index contributed by atoms with van der Waals surface area (Å²) in [4.78, 5) is 37.8. The van der Waals surface area contributed by atoms with E-state index in [4.69, 9.17) is 0 Å². The van der Waals surface area contributed by atoms with E-state index in [0.717, 1.165) is 29.8 Å². The first-order valence-electron chi connectivity index (χ1n) is 9.72. The predicted octanol–water partition coefficient (Wildman–Crippen LogP) is 1.93. The van der Waals surface area contributed by atoms with Gasteiger partial charge >= 0.3 is 0 Å². The van der Waals surface area contributed by atoms with Gasteiger partial charge in [0.1, 0.15) is 6.04 Å². The molecule has 0 saturated carbocycles. The first-order valence-corrected chi connectivity index (χ1v) is 9.72. The summed E-state index contributed by atoms with van der Waals surface area (Å²) in [5.74, 6) is -0.476. The quantitative estimate of drug-likeness (QED) is 0.798. The molecule has 1 saturated heterocycles. The Morgan fingerprint density at radius 1 is 1.21 bits per heavy atom. The third kappa shape index (κ3) is 3.08. The molecule has 3 heterocycles. The molecule has 8 nitrogen and oxygen atoms in total. The standard InChI is InChI=1S/C20H23N5O3/c1-3-12(4-2)16-11-25(23-22-16)14-5-6-15-13(9-14)10-24(20(15)28)17-7-8-18(26)21-19(17)27/h5-6,9,11-12,17H,3-4,7-8,10H2,1-2H3,(H,21,26,27). The Labute approximate surface area is 162 Å². The number of nitrogens with zero attached hydrogens (tertiary/aromatic N) is 4. The van der Waals surface area contributed by atoms with Gasteiger partial charge in [0, 0.05) is 24.4 Å². The molecular formula is C20H23N5O3. The molecule has 1 fully saturated rings. The second-order valence-electron chi connectivity index (χ2n) is 7.34. The molecule has 0 spiro atoms. The number of piperidine rings is 1. The molecule has 3 amide bonds. The normalized spacial score (nSPS) is 19.3. The SMILES string of the molecule is CCC(CC)c1cn(-c2ccc3c(c2)CN(C2CCC(=O)NC2=O)C3=O)nn1. The number of hydrogen-bond donors (Lipinski definition) is 1. The van der Waals surface area contributed by atoms with Gasteiger partial charge in [-0.25, -0.2) is 4.68 Å². The summed E-state index contributed by atoms with van der Waals surface area (Å²) in [5, 5.41) is 10.9. The largest absolute Gasteiger partial charge is 0.322 e. The Bertz CT molecular complexity index is 947. The van der Waals surface area contributed by atoms with Crippen molar-refractivity contribution in [1.82, 2.24) is 25.2 Å². The molecule has 1 atom stereocenters. The van der Waals surface area contributed by atoms with E-state index in [1.807, 2.05) is 18.3 Å². The lowest BCUT2D eigenvalue weighted by Gasteiger charge is -2.29. The van der Waals surface area contributed by atoms with Crippen molar-refractivity contribution in [3.8, 4) is 5.69 Å². The van der Waals surface area contributed by atoms with Gasteiger partial charge in [0.25, 0.3) is 5.91 Å². The molecule has 0 bridgehead atoms. The van der Waals surface area contributed by atoms with Crippen LogP contribution in [0, 0.1) is 0 Å². The van der Waals surface area contributed by atoms with E-state index in [1.165, 1.54) is 0 Å². The number of nitrogens with one attached hydrogen (secondary N) is 1. The van der Waals surface area contributed by atoms with Crippen molar-refractivity contribution in [1.29, 1.82) is 0 Å². The first-order chi connectivity index (χ1) is 13.5. The van der Waals surface area contributed by atoms with E-state index in [1.54, 1.807) is 15.6 Å². The topological polar surface area (TPSA) is 97.2 Å². The molecule has 2 aliphatic heterocycles. The molecule has 0 radical (unpaired) electrons. The fourth-order valence-electron chi connectivity index (χ4n) is 4.00. The van der Waals surface area contributed by atoms with Crippen LogP contribution in [0.2, 0.25) is 0 Å². The highest BCUT2D eigenvalue weighted by atomic mass is 16.2. The summed E-state index contributed by atoms with van der Waals surface area (Å²) >= 11 is 0. The zero-order valence-electron chi connectivity index (χ0n) is 16.0.